The number of hydrogen-bond acceptors (Lipinski definition) is 4. The number of rotatable bonds is 8. The number of ketones is 2. The molecule has 0 amide bonds. The first-order valence-electron chi connectivity index (χ1n) is 6.39. The summed E-state index contributed by atoms with van der Waals surface area (Å²) in [7, 11) is -1.92. The monoisotopic (exact) mass is 291 g/mol. The molecule has 0 saturated heterocycles. The Labute approximate surface area is 116 Å². The lowest BCUT2D eigenvalue weighted by atomic mass is 9.81. The fourth-order valence-corrected chi connectivity index (χ4v) is 2.50. The van der Waals surface area contributed by atoms with Crippen molar-refractivity contribution >= 4 is 21.6 Å². The summed E-state index contributed by atoms with van der Waals surface area (Å²) in [4.78, 5) is 23.5. The number of carbonyl (C=O) groups excluding carboxylic acids is 2. The molecule has 0 aromatic carbocycles. The first kappa shape index (κ1) is 18.2. The molecule has 0 bridgehead atoms. The van der Waals surface area contributed by atoms with Gasteiger partial charge in [-0.05, 0) is 26.2 Å². The zero-order valence-corrected chi connectivity index (χ0v) is 13.5. The Balaban J connectivity index is 5.17. The minimum absolute atomic E-state index is 0.0594. The van der Waals surface area contributed by atoms with Crippen LogP contribution in [0.2, 0.25) is 0 Å². The minimum Gasteiger partial charge on any atom is -0.300 e. The van der Waals surface area contributed by atoms with Crippen LogP contribution >= 0.6 is 0 Å². The van der Waals surface area contributed by atoms with Gasteiger partial charge in [-0.1, -0.05) is 13.8 Å². The predicted molar refractivity (Wildman–Crippen MR) is 75.3 cm³/mol. The Kier molecular flexibility index (Phi) is 6.86. The highest BCUT2D eigenvalue weighted by Gasteiger charge is 2.32. The topological polar surface area (TPSA) is 71.5 Å². The molecular formula is C13H25NO4S. The van der Waals surface area contributed by atoms with Crippen molar-refractivity contribution in [1.29, 1.82) is 0 Å². The van der Waals surface area contributed by atoms with E-state index < -0.39 is 21.9 Å². The SMILES string of the molecule is CC(=O)[C@@H](CN(C)S(C)(=O)=O)[C@@H](CC(C)C)C(C)=O. The van der Waals surface area contributed by atoms with Gasteiger partial charge in [-0.2, -0.15) is 0 Å². The zero-order valence-electron chi connectivity index (χ0n) is 12.6. The standard InChI is InChI=1S/C13H25NO4S/c1-9(2)7-12(10(3)15)13(11(4)16)8-14(5)19(6,17)18/h9,12-13H,7-8H2,1-6H3/t12-,13+/m0/s1. The molecule has 0 heterocycles. The van der Waals surface area contributed by atoms with Gasteiger partial charge in [0.25, 0.3) is 0 Å². The molecule has 0 radical (unpaired) electrons. The molecule has 19 heavy (non-hydrogen) atoms. The molecule has 2 atom stereocenters. The lowest BCUT2D eigenvalue weighted by Gasteiger charge is -2.27. The molecule has 0 aliphatic heterocycles. The second kappa shape index (κ2) is 7.14. The van der Waals surface area contributed by atoms with E-state index in [9.17, 15) is 18.0 Å². The van der Waals surface area contributed by atoms with Gasteiger partial charge in [0.1, 0.15) is 11.6 Å². The molecule has 5 nitrogen and oxygen atoms in total. The molecule has 0 aromatic heterocycles. The Morgan fingerprint density at radius 1 is 1.05 bits per heavy atom. The largest absolute Gasteiger partial charge is 0.300 e. The number of sulfonamides is 1. The molecule has 112 valence electrons. The van der Waals surface area contributed by atoms with Crippen LogP contribution in [0.3, 0.4) is 0 Å². The quantitative estimate of drug-likeness (QED) is 0.676. The van der Waals surface area contributed by atoms with Crippen LogP contribution in [-0.4, -0.2) is 44.1 Å². The van der Waals surface area contributed by atoms with Crippen molar-refractivity contribution in [3.63, 3.8) is 0 Å². The van der Waals surface area contributed by atoms with Gasteiger partial charge in [0.2, 0.25) is 10.0 Å². The van der Waals surface area contributed by atoms with Crippen molar-refractivity contribution in [2.24, 2.45) is 17.8 Å². The number of Topliss-reactive ketones (excluding diaryl/α,β-unsaturated/α-hetero) is 2. The van der Waals surface area contributed by atoms with E-state index in [4.69, 9.17) is 0 Å². The van der Waals surface area contributed by atoms with Crippen molar-refractivity contribution in [3.05, 3.63) is 0 Å². The molecular weight excluding hydrogens is 266 g/mol. The Bertz CT molecular complexity index is 428. The summed E-state index contributed by atoms with van der Waals surface area (Å²) in [6.45, 7) is 6.90. The third kappa shape index (κ3) is 6.29. The maximum absolute atomic E-state index is 11.8. The Morgan fingerprint density at radius 2 is 1.47 bits per heavy atom. The summed E-state index contributed by atoms with van der Waals surface area (Å²) in [5.41, 5.74) is 0. The summed E-state index contributed by atoms with van der Waals surface area (Å²) in [5, 5.41) is 0. The van der Waals surface area contributed by atoms with Crippen LogP contribution in [0.25, 0.3) is 0 Å². The molecule has 6 heteroatoms. The van der Waals surface area contributed by atoms with Gasteiger partial charge in [0, 0.05) is 25.4 Å². The molecule has 0 rings (SSSR count). The van der Waals surface area contributed by atoms with Crippen molar-refractivity contribution in [1.82, 2.24) is 4.31 Å². The highest BCUT2D eigenvalue weighted by atomic mass is 32.2. The summed E-state index contributed by atoms with van der Waals surface area (Å²) < 4.78 is 24.0. The molecule has 0 saturated carbocycles. The van der Waals surface area contributed by atoms with Crippen LogP contribution in [-0.2, 0) is 19.6 Å². The molecule has 0 N–H and O–H groups in total. The van der Waals surface area contributed by atoms with Gasteiger partial charge >= 0.3 is 0 Å². The van der Waals surface area contributed by atoms with Crippen LogP contribution in [0.1, 0.15) is 34.1 Å². The first-order valence-corrected chi connectivity index (χ1v) is 8.23. The van der Waals surface area contributed by atoms with Crippen LogP contribution in [0.4, 0.5) is 0 Å². The zero-order chi connectivity index (χ0) is 15.4. The third-order valence-electron chi connectivity index (χ3n) is 3.28. The molecule has 0 aliphatic carbocycles. The van der Waals surface area contributed by atoms with E-state index in [1.165, 1.54) is 20.9 Å². The van der Waals surface area contributed by atoms with Crippen molar-refractivity contribution in [3.8, 4) is 0 Å². The Hall–Kier alpha value is -0.750. The minimum atomic E-state index is -3.35. The molecule has 0 aliphatic rings. The van der Waals surface area contributed by atoms with E-state index in [2.05, 4.69) is 0 Å². The van der Waals surface area contributed by atoms with Crippen LogP contribution < -0.4 is 0 Å². The molecule has 0 unspecified atom stereocenters. The van der Waals surface area contributed by atoms with Gasteiger partial charge in [-0.3, -0.25) is 9.59 Å². The molecule has 0 fully saturated rings. The highest BCUT2D eigenvalue weighted by Crippen LogP contribution is 2.24. The summed E-state index contributed by atoms with van der Waals surface area (Å²) in [6.07, 6.45) is 1.69. The van der Waals surface area contributed by atoms with Crippen molar-refractivity contribution < 1.29 is 18.0 Å². The van der Waals surface area contributed by atoms with Crippen LogP contribution in [0.5, 0.6) is 0 Å². The average Bonchev–Trinajstić information content (AvgIpc) is 2.20. The van der Waals surface area contributed by atoms with E-state index in [1.807, 2.05) is 13.8 Å². The normalized spacial score (nSPS) is 15.6. The van der Waals surface area contributed by atoms with Gasteiger partial charge < -0.3 is 0 Å². The van der Waals surface area contributed by atoms with E-state index >= 15 is 0 Å². The highest BCUT2D eigenvalue weighted by molar-refractivity contribution is 7.88. The second-order valence-corrected chi connectivity index (χ2v) is 7.70. The van der Waals surface area contributed by atoms with Gasteiger partial charge in [-0.15, -0.1) is 0 Å². The first-order chi connectivity index (χ1) is 8.46. The average molecular weight is 291 g/mol. The fraction of sp³-hybridized carbons (Fsp3) is 0.846. The van der Waals surface area contributed by atoms with Crippen LogP contribution in [0, 0.1) is 17.8 Å². The number of hydrogen-bond donors (Lipinski definition) is 0. The third-order valence-corrected chi connectivity index (χ3v) is 4.56. The second-order valence-electron chi connectivity index (χ2n) is 5.61. The van der Waals surface area contributed by atoms with Crippen molar-refractivity contribution in [2.45, 2.75) is 34.1 Å². The number of nitrogens with zero attached hydrogens (tertiary/aromatic N) is 1. The van der Waals surface area contributed by atoms with Gasteiger partial charge in [0.15, 0.2) is 0 Å². The summed E-state index contributed by atoms with van der Waals surface area (Å²) >= 11 is 0. The fourth-order valence-electron chi connectivity index (χ4n) is 2.07. The van der Waals surface area contributed by atoms with Gasteiger partial charge in [0.05, 0.1) is 6.26 Å². The Morgan fingerprint density at radius 3 is 1.74 bits per heavy atom. The molecule has 0 spiro atoms. The maximum atomic E-state index is 11.8. The smallest absolute Gasteiger partial charge is 0.210 e. The van der Waals surface area contributed by atoms with Crippen LogP contribution in [0.15, 0.2) is 0 Å². The van der Waals surface area contributed by atoms with E-state index in [-0.39, 0.29) is 24.0 Å². The lowest BCUT2D eigenvalue weighted by molar-refractivity contribution is -0.131. The lowest BCUT2D eigenvalue weighted by Crippen LogP contribution is -2.39. The predicted octanol–water partition coefficient (Wildman–Crippen LogP) is 1.33. The van der Waals surface area contributed by atoms with E-state index in [0.717, 1.165) is 10.6 Å². The van der Waals surface area contributed by atoms with E-state index in [0.29, 0.717) is 6.42 Å². The summed E-state index contributed by atoms with van der Waals surface area (Å²) in [6, 6.07) is 0. The maximum Gasteiger partial charge on any atom is 0.210 e. The van der Waals surface area contributed by atoms with Crippen molar-refractivity contribution in [2.75, 3.05) is 19.8 Å². The summed E-state index contributed by atoms with van der Waals surface area (Å²) in [5.74, 6) is -0.909. The number of carbonyl (C=O) groups is 2. The molecule has 0 aromatic rings. The van der Waals surface area contributed by atoms with E-state index in [1.54, 1.807) is 0 Å². The van der Waals surface area contributed by atoms with Gasteiger partial charge in [-0.25, -0.2) is 12.7 Å².